The number of carboxylic acid groups (broad SMARTS) is 1. The van der Waals surface area contributed by atoms with E-state index in [0.29, 0.717) is 17.3 Å². The predicted octanol–water partition coefficient (Wildman–Crippen LogP) is 5.09. The molecule has 0 aliphatic carbocycles. The van der Waals surface area contributed by atoms with Crippen LogP contribution in [0.25, 0.3) is 0 Å². The zero-order chi connectivity index (χ0) is 18.2. The average molecular weight is 362 g/mol. The van der Waals surface area contributed by atoms with Crippen molar-refractivity contribution >= 4 is 17.7 Å². The van der Waals surface area contributed by atoms with E-state index in [1.165, 1.54) is 10.5 Å². The van der Waals surface area contributed by atoms with Crippen LogP contribution in [0.3, 0.4) is 0 Å². The lowest BCUT2D eigenvalue weighted by atomic mass is 10.1. The summed E-state index contributed by atoms with van der Waals surface area (Å²) in [6.45, 7) is 4.43. The molecule has 2 aromatic rings. The van der Waals surface area contributed by atoms with Gasteiger partial charge in [0.2, 0.25) is 0 Å². The highest BCUT2D eigenvalue weighted by Gasteiger charge is 2.17. The average Bonchev–Trinajstić information content (AvgIpc) is 2.60. The molecule has 0 saturated carbocycles. The summed E-state index contributed by atoms with van der Waals surface area (Å²) in [6.07, 6.45) is 0.644. The molecule has 0 spiro atoms. The lowest BCUT2D eigenvalue weighted by Crippen LogP contribution is -2.40. The number of amides is 1. The molecule has 0 heterocycles. The summed E-state index contributed by atoms with van der Waals surface area (Å²) in [5.74, 6) is 0.577. The Balaban J connectivity index is 1.93. The summed E-state index contributed by atoms with van der Waals surface area (Å²) < 4.78 is 5.68. The summed E-state index contributed by atoms with van der Waals surface area (Å²) in [4.78, 5) is 12.7. The zero-order valence-electron chi connectivity index (χ0n) is 14.6. The Morgan fingerprint density at radius 1 is 1.20 bits per heavy atom. The highest BCUT2D eigenvalue weighted by molar-refractivity contribution is 6.32. The molecule has 5 heteroatoms. The van der Waals surface area contributed by atoms with Crippen LogP contribution in [0.5, 0.6) is 5.75 Å². The lowest BCUT2D eigenvalue weighted by Gasteiger charge is -2.25. The summed E-state index contributed by atoms with van der Waals surface area (Å²) in [6, 6.07) is 15.9. The first-order chi connectivity index (χ1) is 12.0. The second-order valence-electron chi connectivity index (χ2n) is 6.01. The van der Waals surface area contributed by atoms with Gasteiger partial charge in [-0.25, -0.2) is 4.79 Å². The molecule has 0 aliphatic heterocycles. The molecule has 1 unspecified atom stereocenters. The smallest absolute Gasteiger partial charge is 0.407 e. The number of hydrogen-bond acceptors (Lipinski definition) is 2. The number of halogens is 1. The van der Waals surface area contributed by atoms with E-state index in [0.717, 1.165) is 18.4 Å². The first-order valence-corrected chi connectivity index (χ1v) is 8.83. The van der Waals surface area contributed by atoms with Crippen LogP contribution in [0.4, 0.5) is 4.79 Å². The molecule has 4 nitrogen and oxygen atoms in total. The largest absolute Gasteiger partial charge is 0.490 e. The molecule has 0 aliphatic rings. The molecule has 0 saturated heterocycles. The number of hydrogen-bond donors (Lipinski definition) is 1. The Morgan fingerprint density at radius 3 is 2.52 bits per heavy atom. The minimum Gasteiger partial charge on any atom is -0.490 e. The van der Waals surface area contributed by atoms with E-state index < -0.39 is 6.09 Å². The molecule has 134 valence electrons. The van der Waals surface area contributed by atoms with Crippen LogP contribution in [0.15, 0.2) is 48.5 Å². The SMILES string of the molecule is CCC(C)N(CCOc1ccc(Cc2ccccc2)cc1Cl)C(=O)O. The molecule has 0 bridgehead atoms. The van der Waals surface area contributed by atoms with Crippen molar-refractivity contribution in [3.05, 3.63) is 64.7 Å². The number of rotatable bonds is 8. The topological polar surface area (TPSA) is 49.8 Å². The molecule has 0 fully saturated rings. The lowest BCUT2D eigenvalue weighted by molar-refractivity contribution is 0.116. The van der Waals surface area contributed by atoms with Crippen molar-refractivity contribution in [1.82, 2.24) is 4.90 Å². The Morgan fingerprint density at radius 2 is 1.92 bits per heavy atom. The van der Waals surface area contributed by atoms with Gasteiger partial charge in [-0.2, -0.15) is 0 Å². The monoisotopic (exact) mass is 361 g/mol. The van der Waals surface area contributed by atoms with Gasteiger partial charge in [-0.05, 0) is 43.0 Å². The molecule has 2 aromatic carbocycles. The van der Waals surface area contributed by atoms with Gasteiger partial charge in [0.15, 0.2) is 0 Å². The van der Waals surface area contributed by atoms with Gasteiger partial charge < -0.3 is 14.7 Å². The van der Waals surface area contributed by atoms with Crippen LogP contribution in [-0.4, -0.2) is 35.3 Å². The summed E-state index contributed by atoms with van der Waals surface area (Å²) in [5, 5.41) is 9.79. The van der Waals surface area contributed by atoms with Gasteiger partial charge in [0.05, 0.1) is 11.6 Å². The van der Waals surface area contributed by atoms with Crippen molar-refractivity contribution < 1.29 is 14.6 Å². The van der Waals surface area contributed by atoms with E-state index in [1.807, 2.05) is 50.2 Å². The van der Waals surface area contributed by atoms with Gasteiger partial charge in [-0.3, -0.25) is 0 Å². The summed E-state index contributed by atoms with van der Waals surface area (Å²) in [7, 11) is 0. The number of carbonyl (C=O) groups is 1. The fraction of sp³-hybridized carbons (Fsp3) is 0.350. The van der Waals surface area contributed by atoms with Crippen molar-refractivity contribution in [2.75, 3.05) is 13.2 Å². The molecule has 0 aromatic heterocycles. The predicted molar refractivity (Wildman–Crippen MR) is 101 cm³/mol. The van der Waals surface area contributed by atoms with Gasteiger partial charge in [-0.15, -0.1) is 0 Å². The molecule has 1 amide bonds. The Labute approximate surface area is 154 Å². The van der Waals surface area contributed by atoms with Crippen molar-refractivity contribution in [2.45, 2.75) is 32.7 Å². The minimum absolute atomic E-state index is 0.0372. The Hall–Kier alpha value is -2.20. The maximum absolute atomic E-state index is 11.3. The molecular weight excluding hydrogens is 338 g/mol. The van der Waals surface area contributed by atoms with Crippen LogP contribution < -0.4 is 4.74 Å². The van der Waals surface area contributed by atoms with Crippen molar-refractivity contribution in [3.8, 4) is 5.75 Å². The number of benzene rings is 2. The standard InChI is InChI=1S/C20H24ClNO3/c1-3-15(2)22(20(23)24)11-12-25-19-10-9-17(14-18(19)21)13-16-7-5-4-6-8-16/h4-10,14-15H,3,11-13H2,1-2H3,(H,23,24). The van der Waals surface area contributed by atoms with Gasteiger partial charge in [0.25, 0.3) is 0 Å². The molecule has 25 heavy (non-hydrogen) atoms. The number of nitrogens with zero attached hydrogens (tertiary/aromatic N) is 1. The van der Waals surface area contributed by atoms with Gasteiger partial charge in [-0.1, -0.05) is 54.9 Å². The van der Waals surface area contributed by atoms with Gasteiger partial charge in [0.1, 0.15) is 12.4 Å². The first kappa shape index (κ1) is 19.1. The molecule has 2 rings (SSSR count). The number of ether oxygens (including phenoxy) is 1. The van der Waals surface area contributed by atoms with E-state index >= 15 is 0 Å². The summed E-state index contributed by atoms with van der Waals surface area (Å²) >= 11 is 6.31. The van der Waals surface area contributed by atoms with Crippen molar-refractivity contribution in [3.63, 3.8) is 0 Å². The third-order valence-electron chi connectivity index (χ3n) is 4.21. The zero-order valence-corrected chi connectivity index (χ0v) is 15.4. The molecular formula is C20H24ClNO3. The fourth-order valence-corrected chi connectivity index (χ4v) is 2.84. The van der Waals surface area contributed by atoms with Gasteiger partial charge in [0, 0.05) is 6.04 Å². The molecule has 0 radical (unpaired) electrons. The van der Waals surface area contributed by atoms with Crippen LogP contribution in [0, 0.1) is 0 Å². The third kappa shape index (κ3) is 5.68. The fourth-order valence-electron chi connectivity index (χ4n) is 2.58. The summed E-state index contributed by atoms with van der Waals surface area (Å²) in [5.41, 5.74) is 2.33. The third-order valence-corrected chi connectivity index (χ3v) is 4.50. The van der Waals surface area contributed by atoms with E-state index in [1.54, 1.807) is 0 Å². The Kier molecular flexibility index (Phi) is 7.14. The highest BCUT2D eigenvalue weighted by Crippen LogP contribution is 2.26. The van der Waals surface area contributed by atoms with E-state index in [2.05, 4.69) is 12.1 Å². The maximum atomic E-state index is 11.3. The minimum atomic E-state index is -0.928. The quantitative estimate of drug-likeness (QED) is 0.712. The second kappa shape index (κ2) is 9.33. The molecule has 1 N–H and O–H groups in total. The Bertz CT molecular complexity index is 691. The van der Waals surface area contributed by atoms with Crippen LogP contribution in [0.1, 0.15) is 31.4 Å². The van der Waals surface area contributed by atoms with E-state index in [-0.39, 0.29) is 12.6 Å². The normalized spacial score (nSPS) is 11.8. The van der Waals surface area contributed by atoms with E-state index in [9.17, 15) is 9.90 Å². The molecule has 1 atom stereocenters. The second-order valence-corrected chi connectivity index (χ2v) is 6.42. The van der Waals surface area contributed by atoms with Crippen LogP contribution in [-0.2, 0) is 6.42 Å². The maximum Gasteiger partial charge on any atom is 0.407 e. The first-order valence-electron chi connectivity index (χ1n) is 8.46. The highest BCUT2D eigenvalue weighted by atomic mass is 35.5. The van der Waals surface area contributed by atoms with Crippen LogP contribution in [0.2, 0.25) is 5.02 Å². The van der Waals surface area contributed by atoms with Gasteiger partial charge >= 0.3 is 6.09 Å². The van der Waals surface area contributed by atoms with Crippen molar-refractivity contribution in [1.29, 1.82) is 0 Å². The van der Waals surface area contributed by atoms with Crippen LogP contribution >= 0.6 is 11.6 Å². The van der Waals surface area contributed by atoms with Crippen molar-refractivity contribution in [2.24, 2.45) is 0 Å². The van der Waals surface area contributed by atoms with E-state index in [4.69, 9.17) is 16.3 Å².